The number of Topliss-reactive ketones (excluding diaryl/α,β-unsaturated/α-hetero) is 1. The van der Waals surface area contributed by atoms with Gasteiger partial charge < -0.3 is 69.4 Å². The first-order valence-corrected chi connectivity index (χ1v) is 36.8. The van der Waals surface area contributed by atoms with Crippen LogP contribution in [-0.4, -0.2) is 210 Å². The Balaban J connectivity index is 0.000000637. The van der Waals surface area contributed by atoms with Crippen molar-refractivity contribution in [2.24, 2.45) is 23.0 Å². The van der Waals surface area contributed by atoms with E-state index in [1.807, 2.05) is 70.7 Å². The number of thioether (sulfide) groups is 1. The first-order valence-electron chi connectivity index (χ1n) is 35.4. The van der Waals surface area contributed by atoms with E-state index in [4.69, 9.17) is 55.2 Å². The van der Waals surface area contributed by atoms with Gasteiger partial charge in [0.1, 0.15) is 29.8 Å². The molecule has 7 atom stereocenters. The summed E-state index contributed by atoms with van der Waals surface area (Å²) in [6.45, 7) is 37.8. The van der Waals surface area contributed by atoms with Gasteiger partial charge in [0.25, 0.3) is 0 Å². The Morgan fingerprint density at radius 2 is 1.48 bits per heavy atom. The molecule has 0 unspecified atom stereocenters. The molecular formula is C75H121ClN8O16S. The summed E-state index contributed by atoms with van der Waals surface area (Å²) in [5.41, 5.74) is 12.5. The minimum atomic E-state index is -1.20. The lowest BCUT2D eigenvalue weighted by Gasteiger charge is -2.34. The van der Waals surface area contributed by atoms with E-state index in [9.17, 15) is 38.4 Å². The highest BCUT2D eigenvalue weighted by Gasteiger charge is 2.48. The fourth-order valence-electron chi connectivity index (χ4n) is 10.1. The van der Waals surface area contributed by atoms with Crippen molar-refractivity contribution in [3.05, 3.63) is 102 Å². The molecule has 2 aromatic carbocycles. The molecule has 26 heteroatoms. The van der Waals surface area contributed by atoms with Gasteiger partial charge in [-0.25, -0.2) is 10.2 Å². The number of carbonyl (C=O) groups is 8. The smallest absolute Gasteiger partial charge is 0.347 e. The molecule has 3 aliphatic rings. The van der Waals surface area contributed by atoms with Crippen LogP contribution in [0.2, 0.25) is 5.02 Å². The van der Waals surface area contributed by atoms with Crippen molar-refractivity contribution in [1.29, 1.82) is 0 Å². The average Bonchev–Trinajstić information content (AvgIpc) is 1.63. The molecule has 5 rings (SSSR count). The molecule has 0 aromatic heterocycles. The zero-order valence-corrected chi connectivity index (χ0v) is 64.1. The standard InChI is InChI=1S/C37H47ClN2O8.C32H62N6O8S.2C3H6/c1-21(2)17-30-35(43)46-28(23(4)32-33(48-32)25-14-11-22(3)12-15-25)9-8-10-31(41)40-27(19-24-13-16-29(45-7)26(38)18-24)34(42)39-20-37(5,6)36(44)47-30;1-5-37-14-16-38(17-15-37)31(42)9-11-32(3,4)47-26-30(41)34-13-19-44-21-23-46-25-24-45-22-20-43-18-10-29(40)36-35-28(27(2)39)8-6-7-12-33;2*1-3-2/h8,10-16,18,21,23,27-28,30,32-33H,9,17,19-20H2,1-7H3,(H,39,42)(H,40,41);28,35H,5-26,33H2,1-4H3,(H,34,41)(H,36,40);2*3H,1H2,2H3/b10-8+;;;/t23-,27+,28-,30-,32+,33+;28-;;/m00../s1. The fourth-order valence-corrected chi connectivity index (χ4v) is 11.3. The second-order valence-corrected chi connectivity index (χ2v) is 28.7. The molecule has 2 aromatic rings. The van der Waals surface area contributed by atoms with E-state index in [1.165, 1.54) is 20.1 Å². The summed E-state index contributed by atoms with van der Waals surface area (Å²) < 4.78 is 44.8. The molecule has 0 bridgehead atoms. The molecule has 24 nitrogen and oxygen atoms in total. The van der Waals surface area contributed by atoms with E-state index in [2.05, 4.69) is 65.6 Å². The number of likely N-dealkylation sites (N-methyl/N-ethyl adjacent to an activating group) is 1. The van der Waals surface area contributed by atoms with Gasteiger partial charge in [-0.05, 0) is 116 Å². The molecule has 2 saturated heterocycles. The number of allylic oxidation sites excluding steroid dienone is 2. The molecule has 3 heterocycles. The molecule has 101 heavy (non-hydrogen) atoms. The Kier molecular flexibility index (Phi) is 45.9. The van der Waals surface area contributed by atoms with Crippen molar-refractivity contribution in [3.63, 3.8) is 0 Å². The van der Waals surface area contributed by atoms with E-state index < -0.39 is 53.5 Å². The highest BCUT2D eigenvalue weighted by atomic mass is 35.5. The van der Waals surface area contributed by atoms with E-state index in [-0.39, 0.29) is 91.1 Å². The van der Waals surface area contributed by atoms with E-state index in [0.29, 0.717) is 94.3 Å². The van der Waals surface area contributed by atoms with Crippen molar-refractivity contribution < 1.29 is 76.3 Å². The Hall–Kier alpha value is -6.26. The lowest BCUT2D eigenvalue weighted by molar-refractivity contribution is -0.179. The monoisotopic (exact) mass is 1460 g/mol. The van der Waals surface area contributed by atoms with Crippen LogP contribution in [0.25, 0.3) is 0 Å². The molecule has 0 radical (unpaired) electrons. The number of epoxide rings is 1. The number of hydrogen-bond acceptors (Lipinski definition) is 20. The summed E-state index contributed by atoms with van der Waals surface area (Å²) >= 11 is 7.89. The number of benzene rings is 2. The second kappa shape index (κ2) is 51.0. The molecule has 0 aliphatic carbocycles. The number of rotatable bonds is 37. The van der Waals surface area contributed by atoms with Crippen LogP contribution in [0.15, 0.2) is 79.9 Å². The van der Waals surface area contributed by atoms with Gasteiger partial charge in [0.05, 0.1) is 94.7 Å². The van der Waals surface area contributed by atoms with Crippen LogP contribution in [0.5, 0.6) is 5.75 Å². The number of nitrogens with zero attached hydrogens (tertiary/aromatic N) is 2. The van der Waals surface area contributed by atoms with Gasteiger partial charge in [0.2, 0.25) is 29.5 Å². The molecule has 0 spiro atoms. The summed E-state index contributed by atoms with van der Waals surface area (Å²) in [6.07, 6.45) is 8.52. The number of cyclic esters (lactones) is 2. The van der Waals surface area contributed by atoms with Crippen LogP contribution in [0.1, 0.15) is 150 Å². The van der Waals surface area contributed by atoms with Crippen molar-refractivity contribution >= 4 is 70.6 Å². The summed E-state index contributed by atoms with van der Waals surface area (Å²) in [6, 6.07) is 11.8. The Labute approximate surface area is 611 Å². The zero-order valence-electron chi connectivity index (χ0n) is 62.6. The SMILES string of the molecule is C=CC.C=CC.CCN1CCN(C(=O)CCC(C)(C)SCC(=O)NCCOCCOCCOCCOCCC(=O)NN[C@@H](CCCCN)C(C)=O)CC1.COc1ccc(C[C@H]2NC(=O)/C=C/C[C@@H]([C@H](C)[C@H]3O[C@@H]3c3ccc(C)cc3)OC(=O)[C@H](CC(C)C)OC(=O)C(C)(C)CNC2=O)cc1Cl. The number of ether oxygens (including phenoxy) is 8. The van der Waals surface area contributed by atoms with Crippen LogP contribution in [-0.2, 0) is 77.9 Å². The third kappa shape index (κ3) is 38.7. The number of ketones is 1. The Morgan fingerprint density at radius 3 is 2.05 bits per heavy atom. The molecule has 7 N–H and O–H groups in total. The molecular weight excluding hydrogens is 1340 g/mol. The van der Waals surface area contributed by atoms with Crippen LogP contribution >= 0.6 is 23.4 Å². The van der Waals surface area contributed by atoms with Crippen molar-refractivity contribution in [2.45, 2.75) is 182 Å². The Morgan fingerprint density at radius 1 is 0.861 bits per heavy atom. The first-order chi connectivity index (χ1) is 48.1. The molecule has 2 fully saturated rings. The number of aryl methyl sites for hydroxylation is 1. The van der Waals surface area contributed by atoms with E-state index >= 15 is 0 Å². The van der Waals surface area contributed by atoms with Gasteiger partial charge in [0, 0.05) is 69.2 Å². The number of halogens is 1. The van der Waals surface area contributed by atoms with Gasteiger partial charge in [-0.3, -0.25) is 39.0 Å². The molecule has 0 saturated carbocycles. The Bertz CT molecular complexity index is 2830. The summed E-state index contributed by atoms with van der Waals surface area (Å²) in [7, 11) is 1.51. The van der Waals surface area contributed by atoms with Crippen molar-refractivity contribution in [2.75, 3.05) is 118 Å². The normalized spacial score (nSPS) is 19.6. The summed E-state index contributed by atoms with van der Waals surface area (Å²) in [5.74, 6) is -1.83. The van der Waals surface area contributed by atoms with Gasteiger partial charge in [-0.1, -0.05) is 114 Å². The maximum Gasteiger partial charge on any atom is 0.347 e. The lowest BCUT2D eigenvalue weighted by Crippen LogP contribution is -2.51. The minimum Gasteiger partial charge on any atom is -0.495 e. The van der Waals surface area contributed by atoms with Gasteiger partial charge in [-0.2, -0.15) is 0 Å². The number of methoxy groups -OCH3 is 1. The number of nitrogens with one attached hydrogen (secondary N) is 5. The number of amides is 5. The topological polar surface area (TPSA) is 306 Å². The third-order valence-corrected chi connectivity index (χ3v) is 18.1. The number of esters is 2. The number of piperazine rings is 1. The fraction of sp³-hybridized carbons (Fsp3) is 0.653. The van der Waals surface area contributed by atoms with E-state index in [0.717, 1.165) is 63.1 Å². The summed E-state index contributed by atoms with van der Waals surface area (Å²) in [4.78, 5) is 106. The number of carbonyl (C=O) groups excluding carboxylic acids is 8. The maximum absolute atomic E-state index is 13.6. The van der Waals surface area contributed by atoms with Crippen LogP contribution in [0.3, 0.4) is 0 Å². The zero-order chi connectivity index (χ0) is 75.3. The molecule has 3 aliphatic heterocycles. The number of unbranched alkanes of at least 4 members (excludes halogenated alkanes) is 1. The largest absolute Gasteiger partial charge is 0.495 e. The van der Waals surface area contributed by atoms with Gasteiger partial charge in [0.15, 0.2) is 6.10 Å². The minimum absolute atomic E-state index is 0.0214. The predicted octanol–water partition coefficient (Wildman–Crippen LogP) is 8.54. The quantitative estimate of drug-likeness (QED) is 0.0121. The molecule has 5 amide bonds. The number of hydrazine groups is 1. The number of nitrogens with two attached hydrogens (primary N) is 1. The van der Waals surface area contributed by atoms with Crippen LogP contribution in [0, 0.1) is 24.2 Å². The maximum atomic E-state index is 13.6. The van der Waals surface area contributed by atoms with Gasteiger partial charge in [-0.15, -0.1) is 24.9 Å². The first kappa shape index (κ1) is 90.8. The second-order valence-electron chi connectivity index (χ2n) is 26.6. The number of hydrogen-bond donors (Lipinski definition) is 6. The summed E-state index contributed by atoms with van der Waals surface area (Å²) in [5, 5.41) is 8.79. The van der Waals surface area contributed by atoms with Gasteiger partial charge >= 0.3 is 11.9 Å². The van der Waals surface area contributed by atoms with Crippen molar-refractivity contribution in [1.82, 2.24) is 36.6 Å². The van der Waals surface area contributed by atoms with Crippen LogP contribution in [0.4, 0.5) is 0 Å². The van der Waals surface area contributed by atoms with Crippen molar-refractivity contribution in [3.8, 4) is 5.75 Å². The lowest BCUT2D eigenvalue weighted by atomic mass is 9.92. The predicted molar refractivity (Wildman–Crippen MR) is 397 cm³/mol. The highest BCUT2D eigenvalue weighted by molar-refractivity contribution is 8.01. The average molecular weight is 1460 g/mol. The van der Waals surface area contributed by atoms with E-state index in [1.54, 1.807) is 62.0 Å². The highest BCUT2D eigenvalue weighted by Crippen LogP contribution is 2.45. The third-order valence-electron chi connectivity index (χ3n) is 16.4. The van der Waals surface area contributed by atoms with Crippen LogP contribution < -0.4 is 37.3 Å². The molecule has 570 valence electrons.